The van der Waals surface area contributed by atoms with Gasteiger partial charge in [0, 0.05) is 51.5 Å². The summed E-state index contributed by atoms with van der Waals surface area (Å²) in [5, 5.41) is 1.35. The number of hydrogen-bond acceptors (Lipinski definition) is 0. The van der Waals surface area contributed by atoms with E-state index in [9.17, 15) is 0 Å². The van der Waals surface area contributed by atoms with Crippen molar-refractivity contribution in [1.29, 1.82) is 0 Å². The van der Waals surface area contributed by atoms with Crippen LogP contribution in [0, 0.1) is 0 Å². The molecule has 0 aliphatic rings. The van der Waals surface area contributed by atoms with Gasteiger partial charge in [0.2, 0.25) is 0 Å². The van der Waals surface area contributed by atoms with Crippen LogP contribution in [0.25, 0.3) is 10.8 Å². The minimum atomic E-state index is 0.976. The number of aromatic nitrogens is 3. The molecule has 0 aliphatic heterocycles. The van der Waals surface area contributed by atoms with E-state index in [0.29, 0.717) is 0 Å². The van der Waals surface area contributed by atoms with Crippen LogP contribution >= 0.6 is 0 Å². The molecule has 0 radical (unpaired) electrons. The molecule has 4 heteroatoms. The van der Waals surface area contributed by atoms with Crippen molar-refractivity contribution in [3.05, 3.63) is 72.1 Å². The third-order valence-electron chi connectivity index (χ3n) is 3.11. The Morgan fingerprint density at radius 2 is 1.17 bits per heavy atom. The van der Waals surface area contributed by atoms with Gasteiger partial charge in [-0.1, -0.05) is 0 Å². The van der Waals surface area contributed by atoms with E-state index in [0.717, 1.165) is 21.6 Å². The Balaban J connectivity index is 2.20. The number of H-pyrrole nitrogens is 3. The maximum absolute atomic E-state index is 3.30. The van der Waals surface area contributed by atoms with Gasteiger partial charge in [0.05, 0.1) is 0 Å². The first-order valence-corrected chi connectivity index (χ1v) is 6.98. The molecule has 0 saturated heterocycles. The minimum absolute atomic E-state index is 0.976. The zero-order valence-electron chi connectivity index (χ0n) is 10.2. The molecule has 0 atom stereocenters. The third kappa shape index (κ3) is 1.87. The van der Waals surface area contributed by atoms with Crippen LogP contribution < -0.4 is 0 Å². The predicted molar refractivity (Wildman–Crippen MR) is 78.2 cm³/mol. The second-order valence-electron chi connectivity index (χ2n) is 4.25. The molecule has 0 spiro atoms. The van der Waals surface area contributed by atoms with Gasteiger partial charge in [-0.25, -0.2) is 0 Å². The van der Waals surface area contributed by atoms with E-state index in [1.165, 1.54) is 16.5 Å². The van der Waals surface area contributed by atoms with Gasteiger partial charge in [0.15, 0.2) is 0 Å². The van der Waals surface area contributed by atoms with Gasteiger partial charge in [0.1, 0.15) is 0 Å². The van der Waals surface area contributed by atoms with Crippen molar-refractivity contribution in [3.8, 4) is 0 Å². The zero-order chi connectivity index (χ0) is 12.4. The molecule has 90 valence electrons. The lowest BCUT2D eigenvalue weighted by Crippen LogP contribution is -1.95. The summed E-state index contributed by atoms with van der Waals surface area (Å²) < 4.78 is 0. The third-order valence-corrected chi connectivity index (χ3v) is 4.15. The highest BCUT2D eigenvalue weighted by Crippen LogP contribution is 2.27. The van der Waals surface area contributed by atoms with Crippen LogP contribution in [0.5, 0.6) is 0 Å². The van der Waals surface area contributed by atoms with Crippen LogP contribution in [0.4, 0.5) is 0 Å². The van der Waals surface area contributed by atoms with Gasteiger partial charge in [-0.05, 0) is 41.6 Å². The monoisotopic (exact) mass is 253 g/mol. The summed E-state index contributed by atoms with van der Waals surface area (Å²) in [5.41, 5.74) is 4.74. The van der Waals surface area contributed by atoms with E-state index in [2.05, 4.69) is 33.2 Å². The molecular weight excluding hydrogens is 238 g/mol. The van der Waals surface area contributed by atoms with Crippen LogP contribution in [-0.4, -0.2) is 25.2 Å². The van der Waals surface area contributed by atoms with Crippen LogP contribution in [0.2, 0.25) is 0 Å². The summed E-state index contributed by atoms with van der Waals surface area (Å²) >= 11 is 0. The molecule has 0 aliphatic carbocycles. The largest absolute Gasteiger partial charge is 0.362 e. The molecule has 0 unspecified atom stereocenters. The summed E-state index contributed by atoms with van der Waals surface area (Å²) in [6, 6.07) is 12.4. The van der Waals surface area contributed by atoms with Gasteiger partial charge in [0.25, 0.3) is 0 Å². The number of nitrogens with one attached hydrogen (secondary N) is 3. The molecule has 0 saturated carbocycles. The normalized spacial score (nSPS) is 10.7. The van der Waals surface area contributed by atoms with Crippen LogP contribution in [0.15, 0.2) is 55.0 Å². The quantitative estimate of drug-likeness (QED) is 0.598. The standard InChI is InChI=1S/C14H15N3Si/c18-14(12-6-3-9-17-12)13(10-4-1-7-15-10)11-5-2-8-16-11/h1-9,15-17H,18H3. The number of aromatic amines is 3. The lowest BCUT2D eigenvalue weighted by molar-refractivity contribution is 1.29. The summed E-state index contributed by atoms with van der Waals surface area (Å²) in [7, 11) is 0.976. The van der Waals surface area contributed by atoms with Crippen molar-refractivity contribution in [2.75, 3.05) is 0 Å². The molecule has 3 heterocycles. The Hall–Kier alpha value is -2.20. The first-order chi connectivity index (χ1) is 8.86. The molecule has 3 nitrogen and oxygen atoms in total. The predicted octanol–water partition coefficient (Wildman–Crippen LogP) is 1.95. The van der Waals surface area contributed by atoms with Crippen LogP contribution in [0.3, 0.4) is 0 Å². The van der Waals surface area contributed by atoms with E-state index < -0.39 is 0 Å². The average Bonchev–Trinajstić information content (AvgIpc) is 3.14. The first-order valence-electron chi connectivity index (χ1n) is 5.98. The number of hydrogen-bond donors (Lipinski definition) is 3. The summed E-state index contributed by atoms with van der Waals surface area (Å²) in [4.78, 5) is 9.89. The molecule has 3 rings (SSSR count). The SMILES string of the molecule is [SiH3]C(=C(c1ccc[nH]1)c1ccc[nH]1)c1ccc[nH]1. The molecule has 18 heavy (non-hydrogen) atoms. The van der Waals surface area contributed by atoms with Crippen molar-refractivity contribution >= 4 is 21.0 Å². The highest BCUT2D eigenvalue weighted by Gasteiger charge is 2.11. The van der Waals surface area contributed by atoms with Gasteiger partial charge < -0.3 is 15.0 Å². The van der Waals surface area contributed by atoms with Gasteiger partial charge >= 0.3 is 0 Å². The van der Waals surface area contributed by atoms with Gasteiger partial charge in [-0.2, -0.15) is 0 Å². The first kappa shape index (κ1) is 10.9. The fourth-order valence-corrected chi connectivity index (χ4v) is 3.07. The van der Waals surface area contributed by atoms with Gasteiger partial charge in [-0.15, -0.1) is 0 Å². The Labute approximate surface area is 108 Å². The molecule has 0 bridgehead atoms. The van der Waals surface area contributed by atoms with Crippen LogP contribution in [0.1, 0.15) is 17.1 Å². The van der Waals surface area contributed by atoms with Crippen molar-refractivity contribution in [2.45, 2.75) is 0 Å². The van der Waals surface area contributed by atoms with E-state index >= 15 is 0 Å². The lowest BCUT2D eigenvalue weighted by Gasteiger charge is -2.09. The fraction of sp³-hybridized carbons (Fsp3) is 0. The fourth-order valence-electron chi connectivity index (χ4n) is 2.22. The Bertz CT molecular complexity index is 595. The number of rotatable bonds is 3. The molecule has 3 aromatic rings. The highest BCUT2D eigenvalue weighted by molar-refractivity contribution is 6.47. The Morgan fingerprint density at radius 3 is 1.56 bits per heavy atom. The van der Waals surface area contributed by atoms with E-state index in [1.54, 1.807) is 0 Å². The Kier molecular flexibility index (Phi) is 2.78. The summed E-state index contributed by atoms with van der Waals surface area (Å²) in [6.07, 6.45) is 5.89. The molecular formula is C14H15N3Si. The highest BCUT2D eigenvalue weighted by atomic mass is 28.1. The second-order valence-corrected chi connectivity index (χ2v) is 5.25. The van der Waals surface area contributed by atoms with Crippen molar-refractivity contribution in [1.82, 2.24) is 15.0 Å². The Morgan fingerprint density at radius 1 is 0.722 bits per heavy atom. The van der Waals surface area contributed by atoms with Crippen molar-refractivity contribution < 1.29 is 0 Å². The maximum atomic E-state index is 3.30. The molecule has 3 N–H and O–H groups in total. The van der Waals surface area contributed by atoms with Crippen molar-refractivity contribution in [3.63, 3.8) is 0 Å². The zero-order valence-corrected chi connectivity index (χ0v) is 12.2. The lowest BCUT2D eigenvalue weighted by atomic mass is 10.1. The van der Waals surface area contributed by atoms with E-state index in [-0.39, 0.29) is 0 Å². The molecule has 0 fully saturated rings. The molecule has 0 amide bonds. The molecule has 3 aromatic heterocycles. The average molecular weight is 253 g/mol. The molecule has 0 aromatic carbocycles. The topological polar surface area (TPSA) is 47.4 Å². The summed E-state index contributed by atoms with van der Waals surface area (Å²) in [5.74, 6) is 0. The smallest absolute Gasteiger partial charge is 0.0474 e. The van der Waals surface area contributed by atoms with Crippen LogP contribution in [-0.2, 0) is 0 Å². The summed E-state index contributed by atoms with van der Waals surface area (Å²) in [6.45, 7) is 0. The van der Waals surface area contributed by atoms with E-state index in [4.69, 9.17) is 0 Å². The second kappa shape index (κ2) is 4.58. The minimum Gasteiger partial charge on any atom is -0.362 e. The van der Waals surface area contributed by atoms with Crippen molar-refractivity contribution in [2.24, 2.45) is 0 Å². The maximum Gasteiger partial charge on any atom is 0.0474 e. The van der Waals surface area contributed by atoms with E-state index in [1.807, 2.05) is 36.8 Å². The van der Waals surface area contributed by atoms with Gasteiger partial charge in [-0.3, -0.25) is 0 Å².